The topological polar surface area (TPSA) is 202 Å². The number of hydrogen-bond donors (Lipinski definition) is 4. The quantitative estimate of drug-likeness (QED) is 0.205. The molecule has 1 aromatic carbocycles. The lowest BCUT2D eigenvalue weighted by Crippen LogP contribution is -2.46. The molecular weight excluding hydrogens is 547 g/mol. The van der Waals surface area contributed by atoms with Gasteiger partial charge in [0.2, 0.25) is 0 Å². The van der Waals surface area contributed by atoms with Crippen molar-refractivity contribution in [2.45, 2.75) is 70.8 Å². The van der Waals surface area contributed by atoms with Crippen molar-refractivity contribution in [3.05, 3.63) is 53.1 Å². The molecule has 2 heterocycles. The van der Waals surface area contributed by atoms with Crippen LogP contribution < -0.4 is 21.0 Å². The molecule has 0 radical (unpaired) electrons. The average Bonchev–Trinajstić information content (AvgIpc) is 3.10. The second-order valence-electron chi connectivity index (χ2n) is 9.92. The lowest BCUT2D eigenvalue weighted by molar-refractivity contribution is -0.156. The number of nitrogens with two attached hydrogens (primary N) is 1. The third-order valence-electron chi connectivity index (χ3n) is 6.20. The van der Waals surface area contributed by atoms with Crippen LogP contribution in [-0.4, -0.2) is 68.1 Å². The number of benzene rings is 1. The van der Waals surface area contributed by atoms with Crippen LogP contribution >= 0.6 is 7.75 Å². The predicted molar refractivity (Wildman–Crippen MR) is 142 cm³/mol. The number of Topliss-reactive ketones (excluding diaryl/α,β-unsaturated/α-hetero) is 1. The molecule has 5 N–H and O–H groups in total. The number of esters is 1. The van der Waals surface area contributed by atoms with Gasteiger partial charge in [-0.3, -0.25) is 18.7 Å². The lowest BCUT2D eigenvalue weighted by Gasteiger charge is -2.27. The molecule has 1 aliphatic heterocycles. The van der Waals surface area contributed by atoms with E-state index in [1.165, 1.54) is 45.2 Å². The lowest BCUT2D eigenvalue weighted by atomic mass is 9.96. The molecule has 0 spiro atoms. The molecule has 0 bridgehead atoms. The average molecular weight is 583 g/mol. The number of nitrogen functional groups attached to an aromatic ring is 1. The minimum Gasteiger partial charge on any atom is -0.453 e. The number of aromatic nitrogens is 2. The number of hydrogen-bond acceptors (Lipinski definition) is 12. The Bertz CT molecular complexity index is 1300. The number of aliphatic hydroxyl groups is 2. The number of carbonyl (C=O) groups excluding carboxylic acids is 2. The summed E-state index contributed by atoms with van der Waals surface area (Å²) in [4.78, 5) is 40.7. The van der Waals surface area contributed by atoms with E-state index in [1.807, 2.05) is 0 Å². The van der Waals surface area contributed by atoms with Gasteiger partial charge in [0.1, 0.15) is 35.4 Å². The van der Waals surface area contributed by atoms with E-state index in [-0.39, 0.29) is 23.3 Å². The maximum atomic E-state index is 13.8. The van der Waals surface area contributed by atoms with Crippen molar-refractivity contribution in [2.75, 3.05) is 12.3 Å². The molecule has 1 fully saturated rings. The van der Waals surface area contributed by atoms with Gasteiger partial charge >= 0.3 is 19.4 Å². The number of anilines is 1. The molecule has 14 nitrogen and oxygen atoms in total. The highest BCUT2D eigenvalue weighted by Crippen LogP contribution is 2.47. The number of rotatable bonds is 12. The molecule has 0 saturated carbocycles. The van der Waals surface area contributed by atoms with Crippen molar-refractivity contribution in [3.8, 4) is 5.75 Å². The second kappa shape index (κ2) is 12.6. The molecular formula is C25H35N4O10P. The first-order valence-electron chi connectivity index (χ1n) is 12.6. The van der Waals surface area contributed by atoms with E-state index in [0.717, 1.165) is 4.57 Å². The fourth-order valence-corrected chi connectivity index (χ4v) is 5.46. The Hall–Kier alpha value is -3.13. The van der Waals surface area contributed by atoms with Gasteiger partial charge in [0.05, 0.1) is 6.61 Å². The van der Waals surface area contributed by atoms with Crippen LogP contribution in [0.15, 0.2) is 47.4 Å². The van der Waals surface area contributed by atoms with Crippen LogP contribution in [0, 0.1) is 5.92 Å². The van der Waals surface area contributed by atoms with Gasteiger partial charge in [-0.25, -0.2) is 9.36 Å². The van der Waals surface area contributed by atoms with E-state index in [2.05, 4.69) is 10.1 Å². The van der Waals surface area contributed by atoms with Crippen molar-refractivity contribution in [3.63, 3.8) is 0 Å². The van der Waals surface area contributed by atoms with Crippen molar-refractivity contribution in [1.29, 1.82) is 0 Å². The van der Waals surface area contributed by atoms with Gasteiger partial charge < -0.3 is 29.9 Å². The Morgan fingerprint density at radius 3 is 2.48 bits per heavy atom. The molecule has 15 heteroatoms. The maximum absolute atomic E-state index is 13.8. The van der Waals surface area contributed by atoms with E-state index in [9.17, 15) is 29.2 Å². The van der Waals surface area contributed by atoms with Crippen LogP contribution in [0.5, 0.6) is 5.75 Å². The van der Waals surface area contributed by atoms with Gasteiger partial charge in [0.15, 0.2) is 18.1 Å². The number of nitrogens with zero attached hydrogens (tertiary/aromatic N) is 2. The molecule has 1 saturated heterocycles. The Morgan fingerprint density at radius 1 is 1.23 bits per heavy atom. The zero-order valence-corrected chi connectivity index (χ0v) is 23.7. The molecule has 220 valence electrons. The summed E-state index contributed by atoms with van der Waals surface area (Å²) in [5, 5.41) is 24.2. The SMILES string of the molecule is CC(C)C(=O)[C@H](C)OC(=O)[C@H](C)NP(=O)(OC[C@H]1O[C@@H](n2ccc(N)nc2=O)[C@](C)(O)[C@@H]1O)Oc1ccccc1. The summed E-state index contributed by atoms with van der Waals surface area (Å²) in [6.07, 6.45) is -4.04. The number of aliphatic hydroxyl groups excluding tert-OH is 1. The molecule has 2 aromatic rings. The molecule has 0 aliphatic carbocycles. The fraction of sp³-hybridized carbons (Fsp3) is 0.520. The first kappa shape index (κ1) is 31.4. The minimum absolute atomic E-state index is 0.0417. The van der Waals surface area contributed by atoms with Crippen LogP contribution in [0.2, 0.25) is 0 Å². The summed E-state index contributed by atoms with van der Waals surface area (Å²) in [5.41, 5.74) is 2.72. The summed E-state index contributed by atoms with van der Waals surface area (Å²) in [7, 11) is -4.37. The summed E-state index contributed by atoms with van der Waals surface area (Å²) >= 11 is 0. The predicted octanol–water partition coefficient (Wildman–Crippen LogP) is 1.17. The van der Waals surface area contributed by atoms with Gasteiger partial charge in [-0.2, -0.15) is 10.1 Å². The molecule has 1 unspecified atom stereocenters. The van der Waals surface area contributed by atoms with Gasteiger partial charge in [0.25, 0.3) is 0 Å². The van der Waals surface area contributed by atoms with E-state index in [0.29, 0.717) is 0 Å². The molecule has 3 rings (SSSR count). The third kappa shape index (κ3) is 7.33. The standard InChI is InChI=1S/C25H35N4O10P/c1-14(2)20(30)16(4)37-22(32)15(3)28-40(35,39-17-9-7-6-8-10-17)36-13-18-21(31)25(5,34)23(38-18)29-12-11-19(26)27-24(29)33/h6-12,14-16,18,21,23,31,34H,13H2,1-5H3,(H,28,35)(H2,26,27,33)/t15-,16-,18+,21+,23+,25+,40?/m0/s1. The molecule has 0 amide bonds. The largest absolute Gasteiger partial charge is 0.459 e. The Morgan fingerprint density at radius 2 is 1.88 bits per heavy atom. The molecule has 7 atom stereocenters. The number of ketones is 1. The first-order chi connectivity index (χ1) is 18.6. The van der Waals surface area contributed by atoms with E-state index >= 15 is 0 Å². The van der Waals surface area contributed by atoms with Gasteiger partial charge in [-0.1, -0.05) is 32.0 Å². The van der Waals surface area contributed by atoms with Crippen molar-refractivity contribution >= 4 is 25.3 Å². The zero-order chi connectivity index (χ0) is 29.8. The van der Waals surface area contributed by atoms with Gasteiger partial charge in [0, 0.05) is 12.1 Å². The highest BCUT2D eigenvalue weighted by Gasteiger charge is 2.54. The summed E-state index contributed by atoms with van der Waals surface area (Å²) in [6, 6.07) is 8.04. The Balaban J connectivity index is 1.77. The van der Waals surface area contributed by atoms with Crippen LogP contribution in [0.25, 0.3) is 0 Å². The Kier molecular flexibility index (Phi) is 9.88. The van der Waals surface area contributed by atoms with Crippen molar-refractivity contribution in [2.24, 2.45) is 5.92 Å². The van der Waals surface area contributed by atoms with E-state index < -0.39 is 62.2 Å². The number of carbonyl (C=O) groups is 2. The van der Waals surface area contributed by atoms with E-state index in [4.69, 9.17) is 24.3 Å². The Labute approximate surface area is 231 Å². The third-order valence-corrected chi connectivity index (χ3v) is 7.85. The van der Waals surface area contributed by atoms with Crippen LogP contribution in [0.3, 0.4) is 0 Å². The number of ether oxygens (including phenoxy) is 2. The summed E-state index contributed by atoms with van der Waals surface area (Å²) in [5.74, 6) is -1.43. The fourth-order valence-electron chi connectivity index (χ4n) is 3.96. The summed E-state index contributed by atoms with van der Waals surface area (Å²) in [6.45, 7) is 6.79. The normalized spacial score (nSPS) is 25.6. The monoisotopic (exact) mass is 582 g/mol. The highest BCUT2D eigenvalue weighted by atomic mass is 31.2. The molecule has 1 aliphatic rings. The number of nitrogens with one attached hydrogen (secondary N) is 1. The van der Waals surface area contributed by atoms with Crippen LogP contribution in [-0.2, 0) is 28.2 Å². The van der Waals surface area contributed by atoms with Crippen LogP contribution in [0.1, 0.15) is 40.8 Å². The van der Waals surface area contributed by atoms with Gasteiger partial charge in [-0.15, -0.1) is 0 Å². The highest BCUT2D eigenvalue weighted by molar-refractivity contribution is 7.52. The molecule has 40 heavy (non-hydrogen) atoms. The van der Waals surface area contributed by atoms with Gasteiger partial charge in [-0.05, 0) is 39.0 Å². The van der Waals surface area contributed by atoms with Crippen LogP contribution in [0.4, 0.5) is 5.82 Å². The van der Waals surface area contributed by atoms with Crippen molar-refractivity contribution in [1.82, 2.24) is 14.6 Å². The molecule has 1 aromatic heterocycles. The van der Waals surface area contributed by atoms with E-state index in [1.54, 1.807) is 32.0 Å². The maximum Gasteiger partial charge on any atom is 0.459 e. The zero-order valence-electron chi connectivity index (χ0n) is 22.8. The van der Waals surface area contributed by atoms with Crippen molar-refractivity contribution < 1.29 is 42.9 Å². The minimum atomic E-state index is -4.37. The second-order valence-corrected chi connectivity index (χ2v) is 11.6. The first-order valence-corrected chi connectivity index (χ1v) is 14.1. The smallest absolute Gasteiger partial charge is 0.453 e. The summed E-state index contributed by atoms with van der Waals surface area (Å²) < 4.78 is 36.8. The number of para-hydroxylation sites is 1.